The van der Waals surface area contributed by atoms with Crippen LogP contribution in [-0.4, -0.2) is 38.3 Å². The Kier molecular flexibility index (Phi) is 3.77. The third-order valence-corrected chi connectivity index (χ3v) is 2.65. The zero-order valence-electron chi connectivity index (χ0n) is 9.77. The van der Waals surface area contributed by atoms with Crippen LogP contribution in [0.15, 0.2) is 24.3 Å². The predicted octanol–water partition coefficient (Wildman–Crippen LogP) is 1.03. The summed E-state index contributed by atoms with van der Waals surface area (Å²) in [6.45, 7) is 2.72. The topological polar surface area (TPSA) is 33.7 Å². The van der Waals surface area contributed by atoms with Gasteiger partial charge in [0.2, 0.25) is 0 Å². The zero-order chi connectivity index (χ0) is 11.4. The summed E-state index contributed by atoms with van der Waals surface area (Å²) in [6.07, 6.45) is 0.343. The van der Waals surface area contributed by atoms with E-state index in [9.17, 15) is 0 Å². The Morgan fingerprint density at radius 3 is 2.94 bits per heavy atom. The Morgan fingerprint density at radius 1 is 1.44 bits per heavy atom. The first kappa shape index (κ1) is 11.4. The molecule has 4 nitrogen and oxygen atoms in total. The van der Waals surface area contributed by atoms with Crippen molar-refractivity contribution in [1.29, 1.82) is 0 Å². The van der Waals surface area contributed by atoms with Gasteiger partial charge >= 0.3 is 0 Å². The van der Waals surface area contributed by atoms with E-state index in [1.807, 2.05) is 24.3 Å². The van der Waals surface area contributed by atoms with Gasteiger partial charge in [0, 0.05) is 19.6 Å². The number of hydrogen-bond donors (Lipinski definition) is 1. The fourth-order valence-corrected chi connectivity index (χ4v) is 1.79. The highest BCUT2D eigenvalue weighted by Gasteiger charge is 2.24. The van der Waals surface area contributed by atoms with Gasteiger partial charge in [-0.15, -0.1) is 0 Å². The normalized spacial score (nSPS) is 17.1. The molecule has 0 spiro atoms. The van der Waals surface area contributed by atoms with Gasteiger partial charge in [-0.2, -0.15) is 5.48 Å². The van der Waals surface area contributed by atoms with Gasteiger partial charge in [-0.05, 0) is 24.7 Å². The van der Waals surface area contributed by atoms with Crippen LogP contribution in [0.5, 0.6) is 5.75 Å². The molecule has 1 aromatic rings. The number of hydroxylamine groups is 1. The molecule has 0 atom stereocenters. The van der Waals surface area contributed by atoms with E-state index in [0.29, 0.717) is 12.6 Å². The standard InChI is InChI=1S/C12H18N2O2/c1-14-8-12(9-14)16-11-5-3-4-10(6-11)7-13-15-2/h3-6,12-13H,7-9H2,1-2H3. The zero-order valence-corrected chi connectivity index (χ0v) is 9.77. The SMILES string of the molecule is CONCc1cccc(OC2CN(C)C2)c1. The van der Waals surface area contributed by atoms with Gasteiger partial charge in [-0.3, -0.25) is 4.90 Å². The molecule has 1 heterocycles. The van der Waals surface area contributed by atoms with Gasteiger partial charge in [-0.25, -0.2) is 0 Å². The smallest absolute Gasteiger partial charge is 0.124 e. The maximum atomic E-state index is 5.83. The maximum absolute atomic E-state index is 5.83. The van der Waals surface area contributed by atoms with E-state index in [1.165, 1.54) is 0 Å². The van der Waals surface area contributed by atoms with E-state index >= 15 is 0 Å². The van der Waals surface area contributed by atoms with Gasteiger partial charge < -0.3 is 9.57 Å². The highest BCUT2D eigenvalue weighted by molar-refractivity contribution is 5.28. The van der Waals surface area contributed by atoms with Crippen LogP contribution in [-0.2, 0) is 11.4 Å². The lowest BCUT2D eigenvalue weighted by Crippen LogP contribution is -2.51. The average molecular weight is 222 g/mol. The number of benzene rings is 1. The molecule has 0 amide bonds. The van der Waals surface area contributed by atoms with Crippen LogP contribution in [0.3, 0.4) is 0 Å². The van der Waals surface area contributed by atoms with Gasteiger partial charge in [-0.1, -0.05) is 12.1 Å². The first-order valence-electron chi connectivity index (χ1n) is 5.48. The molecule has 0 aromatic heterocycles. The molecular weight excluding hydrogens is 204 g/mol. The summed E-state index contributed by atoms with van der Waals surface area (Å²) in [5, 5.41) is 0. The van der Waals surface area contributed by atoms with Crippen molar-refractivity contribution >= 4 is 0 Å². The third kappa shape index (κ3) is 2.95. The highest BCUT2D eigenvalue weighted by Crippen LogP contribution is 2.18. The largest absolute Gasteiger partial charge is 0.488 e. The lowest BCUT2D eigenvalue weighted by molar-refractivity contribution is 0.0387. The van der Waals surface area contributed by atoms with Crippen molar-refractivity contribution in [2.45, 2.75) is 12.6 Å². The number of hydrogen-bond acceptors (Lipinski definition) is 4. The molecule has 0 unspecified atom stereocenters. The number of ether oxygens (including phenoxy) is 1. The number of rotatable bonds is 5. The van der Waals surface area contributed by atoms with E-state index in [2.05, 4.69) is 17.4 Å². The van der Waals surface area contributed by atoms with Gasteiger partial charge in [0.15, 0.2) is 0 Å². The molecule has 0 saturated carbocycles. The van der Waals surface area contributed by atoms with Crippen molar-refractivity contribution in [3.8, 4) is 5.75 Å². The quantitative estimate of drug-likeness (QED) is 0.754. The van der Waals surface area contributed by atoms with Crippen LogP contribution in [0, 0.1) is 0 Å². The Labute approximate surface area is 96.1 Å². The summed E-state index contributed by atoms with van der Waals surface area (Å²) in [5.74, 6) is 0.938. The molecule has 0 bridgehead atoms. The molecule has 1 saturated heterocycles. The molecular formula is C12H18N2O2. The fraction of sp³-hybridized carbons (Fsp3) is 0.500. The molecule has 1 fully saturated rings. The molecule has 16 heavy (non-hydrogen) atoms. The Balaban J connectivity index is 1.88. The van der Waals surface area contributed by atoms with E-state index < -0.39 is 0 Å². The lowest BCUT2D eigenvalue weighted by atomic mass is 10.2. The Bertz CT molecular complexity index is 338. The van der Waals surface area contributed by atoms with Crippen molar-refractivity contribution in [3.05, 3.63) is 29.8 Å². The van der Waals surface area contributed by atoms with Crippen LogP contribution < -0.4 is 10.2 Å². The van der Waals surface area contributed by atoms with Gasteiger partial charge in [0.25, 0.3) is 0 Å². The molecule has 1 aromatic carbocycles. The number of nitrogens with zero attached hydrogens (tertiary/aromatic N) is 1. The maximum Gasteiger partial charge on any atom is 0.124 e. The highest BCUT2D eigenvalue weighted by atomic mass is 16.6. The molecule has 1 aliphatic rings. The van der Waals surface area contributed by atoms with Crippen molar-refractivity contribution < 1.29 is 9.57 Å². The summed E-state index contributed by atoms with van der Waals surface area (Å²) in [5.41, 5.74) is 3.98. The van der Waals surface area contributed by atoms with E-state index in [4.69, 9.17) is 9.57 Å². The van der Waals surface area contributed by atoms with E-state index in [0.717, 1.165) is 24.4 Å². The lowest BCUT2D eigenvalue weighted by Gasteiger charge is -2.36. The minimum Gasteiger partial charge on any atom is -0.488 e. The molecule has 4 heteroatoms. The van der Waals surface area contributed by atoms with E-state index in [-0.39, 0.29) is 0 Å². The number of likely N-dealkylation sites (tertiary alicyclic amines) is 1. The summed E-state index contributed by atoms with van der Waals surface area (Å²) >= 11 is 0. The summed E-state index contributed by atoms with van der Waals surface area (Å²) in [6, 6.07) is 8.09. The fourth-order valence-electron chi connectivity index (χ4n) is 1.79. The van der Waals surface area contributed by atoms with Crippen molar-refractivity contribution in [2.24, 2.45) is 0 Å². The minimum absolute atomic E-state index is 0.343. The predicted molar refractivity (Wildman–Crippen MR) is 62.2 cm³/mol. The Hall–Kier alpha value is -1.10. The minimum atomic E-state index is 0.343. The monoisotopic (exact) mass is 222 g/mol. The summed E-state index contributed by atoms with van der Waals surface area (Å²) in [7, 11) is 3.71. The summed E-state index contributed by atoms with van der Waals surface area (Å²) in [4.78, 5) is 7.05. The van der Waals surface area contributed by atoms with Crippen molar-refractivity contribution in [3.63, 3.8) is 0 Å². The van der Waals surface area contributed by atoms with Crippen LogP contribution in [0.2, 0.25) is 0 Å². The van der Waals surface area contributed by atoms with Gasteiger partial charge in [0.05, 0.1) is 7.11 Å². The number of nitrogens with one attached hydrogen (secondary N) is 1. The van der Waals surface area contributed by atoms with Crippen molar-refractivity contribution in [2.75, 3.05) is 27.2 Å². The first-order valence-corrected chi connectivity index (χ1v) is 5.48. The molecule has 88 valence electrons. The average Bonchev–Trinajstić information content (AvgIpc) is 2.25. The molecule has 0 aliphatic carbocycles. The second-order valence-corrected chi connectivity index (χ2v) is 4.13. The van der Waals surface area contributed by atoms with Crippen molar-refractivity contribution in [1.82, 2.24) is 10.4 Å². The van der Waals surface area contributed by atoms with Crippen LogP contribution >= 0.6 is 0 Å². The van der Waals surface area contributed by atoms with Gasteiger partial charge in [0.1, 0.15) is 11.9 Å². The van der Waals surface area contributed by atoms with Crippen LogP contribution in [0.25, 0.3) is 0 Å². The second-order valence-electron chi connectivity index (χ2n) is 4.13. The third-order valence-electron chi connectivity index (χ3n) is 2.65. The molecule has 0 radical (unpaired) electrons. The first-order chi connectivity index (χ1) is 7.78. The summed E-state index contributed by atoms with van der Waals surface area (Å²) < 4.78 is 5.83. The molecule has 1 N–H and O–H groups in total. The van der Waals surface area contributed by atoms with Crippen LogP contribution in [0.4, 0.5) is 0 Å². The van der Waals surface area contributed by atoms with Crippen LogP contribution in [0.1, 0.15) is 5.56 Å². The molecule has 2 rings (SSSR count). The number of likely N-dealkylation sites (N-methyl/N-ethyl adjacent to an activating group) is 1. The Morgan fingerprint density at radius 2 is 2.25 bits per heavy atom. The second kappa shape index (κ2) is 5.30. The molecule has 1 aliphatic heterocycles. The van der Waals surface area contributed by atoms with E-state index in [1.54, 1.807) is 7.11 Å².